The summed E-state index contributed by atoms with van der Waals surface area (Å²) in [6, 6.07) is 5.65. The fourth-order valence-electron chi connectivity index (χ4n) is 3.40. The fourth-order valence-corrected chi connectivity index (χ4v) is 3.79. The Morgan fingerprint density at radius 2 is 1.90 bits per heavy atom. The molecule has 0 N–H and O–H groups in total. The van der Waals surface area contributed by atoms with Crippen LogP contribution in [0.1, 0.15) is 32.1 Å². The van der Waals surface area contributed by atoms with Crippen molar-refractivity contribution in [1.82, 2.24) is 0 Å². The Labute approximate surface area is 125 Å². The molecule has 6 heteroatoms. The SMILES string of the molecule is O=C1CC2CCCC(C1)N2c1ccc(Br)c([N+](=O)[O-])c1. The zero-order chi connectivity index (χ0) is 14.3. The van der Waals surface area contributed by atoms with Crippen molar-refractivity contribution in [2.75, 3.05) is 4.90 Å². The van der Waals surface area contributed by atoms with Gasteiger partial charge in [0.1, 0.15) is 5.78 Å². The highest BCUT2D eigenvalue weighted by Crippen LogP contribution is 2.39. The summed E-state index contributed by atoms with van der Waals surface area (Å²) in [5.74, 6) is 0.322. The maximum Gasteiger partial charge on any atom is 0.285 e. The van der Waals surface area contributed by atoms with Gasteiger partial charge in [-0.25, -0.2) is 0 Å². The molecule has 2 atom stereocenters. The average molecular weight is 339 g/mol. The van der Waals surface area contributed by atoms with Gasteiger partial charge in [0.25, 0.3) is 5.69 Å². The Balaban J connectivity index is 1.98. The van der Waals surface area contributed by atoms with Crippen LogP contribution in [0.25, 0.3) is 0 Å². The Morgan fingerprint density at radius 1 is 1.25 bits per heavy atom. The van der Waals surface area contributed by atoms with Gasteiger partial charge in [0.05, 0.1) is 9.40 Å². The number of hydrogen-bond donors (Lipinski definition) is 0. The largest absolute Gasteiger partial charge is 0.364 e. The van der Waals surface area contributed by atoms with Crippen molar-refractivity contribution in [1.29, 1.82) is 0 Å². The van der Waals surface area contributed by atoms with E-state index < -0.39 is 0 Å². The predicted octanol–water partition coefficient (Wildman–Crippen LogP) is 3.45. The summed E-state index contributed by atoms with van der Waals surface area (Å²) in [6.45, 7) is 0. The van der Waals surface area contributed by atoms with Crippen LogP contribution in [0.15, 0.2) is 22.7 Å². The Hall–Kier alpha value is -1.43. The maximum atomic E-state index is 11.7. The number of rotatable bonds is 2. The zero-order valence-electron chi connectivity index (χ0n) is 10.9. The third kappa shape index (κ3) is 2.32. The van der Waals surface area contributed by atoms with Gasteiger partial charge in [-0.05, 0) is 47.3 Å². The highest BCUT2D eigenvalue weighted by molar-refractivity contribution is 9.10. The van der Waals surface area contributed by atoms with E-state index in [9.17, 15) is 14.9 Å². The number of halogens is 1. The van der Waals surface area contributed by atoms with Crippen molar-refractivity contribution >= 4 is 33.1 Å². The number of fused-ring (bicyclic) bond motifs is 2. The molecule has 2 unspecified atom stereocenters. The molecule has 1 aromatic carbocycles. The summed E-state index contributed by atoms with van der Waals surface area (Å²) >= 11 is 3.21. The molecular weight excluding hydrogens is 324 g/mol. The number of ketones is 1. The average Bonchev–Trinajstić information content (AvgIpc) is 2.38. The summed E-state index contributed by atoms with van der Waals surface area (Å²) in [7, 11) is 0. The second kappa shape index (κ2) is 5.16. The molecule has 2 bridgehead atoms. The molecule has 2 saturated heterocycles. The first-order chi connectivity index (χ1) is 9.56. The smallest absolute Gasteiger partial charge is 0.285 e. The Bertz CT molecular complexity index is 560. The summed E-state index contributed by atoms with van der Waals surface area (Å²) < 4.78 is 0.490. The molecule has 2 heterocycles. The molecule has 20 heavy (non-hydrogen) atoms. The second-order valence-electron chi connectivity index (χ2n) is 5.49. The van der Waals surface area contributed by atoms with Gasteiger partial charge in [0.15, 0.2) is 0 Å². The minimum absolute atomic E-state index is 0.0810. The normalized spacial score (nSPS) is 25.6. The third-order valence-electron chi connectivity index (χ3n) is 4.21. The summed E-state index contributed by atoms with van der Waals surface area (Å²) in [6.07, 6.45) is 4.26. The first-order valence-corrected chi connectivity index (χ1v) is 7.59. The van der Waals surface area contributed by atoms with Crippen LogP contribution < -0.4 is 4.90 Å². The van der Waals surface area contributed by atoms with Crippen molar-refractivity contribution in [3.05, 3.63) is 32.8 Å². The second-order valence-corrected chi connectivity index (χ2v) is 6.34. The van der Waals surface area contributed by atoms with E-state index in [-0.39, 0.29) is 22.7 Å². The number of benzene rings is 1. The highest BCUT2D eigenvalue weighted by atomic mass is 79.9. The lowest BCUT2D eigenvalue weighted by molar-refractivity contribution is -0.385. The molecule has 1 aromatic rings. The quantitative estimate of drug-likeness (QED) is 0.612. The van der Waals surface area contributed by atoms with Crippen LogP contribution in [-0.2, 0) is 4.79 Å². The molecule has 0 spiro atoms. The van der Waals surface area contributed by atoms with E-state index >= 15 is 0 Å². The van der Waals surface area contributed by atoms with Crippen LogP contribution in [-0.4, -0.2) is 22.8 Å². The van der Waals surface area contributed by atoms with E-state index in [0.717, 1.165) is 24.9 Å². The number of nitrogens with zero attached hydrogens (tertiary/aromatic N) is 2. The molecule has 0 aliphatic carbocycles. The number of Topliss-reactive ketones (excluding diaryl/α,β-unsaturated/α-hetero) is 1. The van der Waals surface area contributed by atoms with Crippen LogP contribution in [0.2, 0.25) is 0 Å². The third-order valence-corrected chi connectivity index (χ3v) is 4.88. The van der Waals surface area contributed by atoms with Crippen LogP contribution in [0.5, 0.6) is 0 Å². The lowest BCUT2D eigenvalue weighted by Gasteiger charge is -2.47. The van der Waals surface area contributed by atoms with Gasteiger partial charge in [-0.3, -0.25) is 14.9 Å². The van der Waals surface area contributed by atoms with Gasteiger partial charge in [0.2, 0.25) is 0 Å². The van der Waals surface area contributed by atoms with Crippen molar-refractivity contribution in [3.8, 4) is 0 Å². The van der Waals surface area contributed by atoms with Crippen molar-refractivity contribution in [2.45, 2.75) is 44.2 Å². The van der Waals surface area contributed by atoms with Gasteiger partial charge >= 0.3 is 0 Å². The number of carbonyl (C=O) groups excluding carboxylic acids is 1. The van der Waals surface area contributed by atoms with Gasteiger partial charge in [-0.2, -0.15) is 0 Å². The monoisotopic (exact) mass is 338 g/mol. The number of hydrogen-bond acceptors (Lipinski definition) is 4. The van der Waals surface area contributed by atoms with Crippen molar-refractivity contribution in [3.63, 3.8) is 0 Å². The van der Waals surface area contributed by atoms with Crippen LogP contribution >= 0.6 is 15.9 Å². The van der Waals surface area contributed by atoms with Gasteiger partial charge in [-0.15, -0.1) is 0 Å². The van der Waals surface area contributed by atoms with Crippen LogP contribution in [0.4, 0.5) is 11.4 Å². The van der Waals surface area contributed by atoms with Crippen molar-refractivity contribution in [2.24, 2.45) is 0 Å². The molecule has 3 rings (SSSR count). The van der Waals surface area contributed by atoms with Crippen LogP contribution in [0.3, 0.4) is 0 Å². The van der Waals surface area contributed by atoms with E-state index in [4.69, 9.17) is 0 Å². The molecule has 2 aliphatic rings. The first-order valence-electron chi connectivity index (χ1n) is 6.80. The Morgan fingerprint density at radius 3 is 2.50 bits per heavy atom. The number of nitro benzene ring substituents is 1. The highest BCUT2D eigenvalue weighted by Gasteiger charge is 2.38. The van der Waals surface area contributed by atoms with E-state index in [1.54, 1.807) is 12.1 Å². The summed E-state index contributed by atoms with van der Waals surface area (Å²) in [5.41, 5.74) is 0.944. The number of anilines is 1. The molecule has 5 nitrogen and oxygen atoms in total. The predicted molar refractivity (Wildman–Crippen MR) is 78.9 cm³/mol. The number of nitro groups is 1. The van der Waals surface area contributed by atoms with Crippen LogP contribution in [0, 0.1) is 10.1 Å². The first kappa shape index (κ1) is 13.5. The number of carbonyl (C=O) groups is 1. The lowest BCUT2D eigenvalue weighted by atomic mass is 9.83. The van der Waals surface area contributed by atoms with E-state index in [1.807, 2.05) is 6.07 Å². The molecule has 2 fully saturated rings. The van der Waals surface area contributed by atoms with Crippen molar-refractivity contribution < 1.29 is 9.72 Å². The van der Waals surface area contributed by atoms with Gasteiger partial charge in [-0.1, -0.05) is 0 Å². The molecule has 0 aromatic heterocycles. The molecular formula is C14H15BrN2O3. The maximum absolute atomic E-state index is 11.7. The topological polar surface area (TPSA) is 63.5 Å². The van der Waals surface area contributed by atoms with E-state index in [0.29, 0.717) is 23.1 Å². The molecule has 0 radical (unpaired) electrons. The molecule has 0 saturated carbocycles. The van der Waals surface area contributed by atoms with E-state index in [2.05, 4.69) is 20.8 Å². The zero-order valence-corrected chi connectivity index (χ0v) is 12.5. The minimum Gasteiger partial charge on any atom is -0.364 e. The summed E-state index contributed by atoms with van der Waals surface area (Å²) in [4.78, 5) is 24.6. The molecule has 106 valence electrons. The fraction of sp³-hybridized carbons (Fsp3) is 0.500. The van der Waals surface area contributed by atoms with Gasteiger partial charge in [0, 0.05) is 36.7 Å². The van der Waals surface area contributed by atoms with E-state index in [1.165, 1.54) is 0 Å². The minimum atomic E-state index is -0.377. The number of piperidine rings is 2. The molecule has 0 amide bonds. The summed E-state index contributed by atoms with van der Waals surface area (Å²) in [5, 5.41) is 11.1. The standard InChI is InChI=1S/C14H15BrN2O3/c15-13-5-4-11(8-14(13)17(19)20)16-9-2-1-3-10(16)7-12(18)6-9/h4-5,8-10H,1-3,6-7H2. The molecule has 2 aliphatic heterocycles. The van der Waals surface area contributed by atoms with Gasteiger partial charge < -0.3 is 4.90 Å². The Kier molecular flexibility index (Phi) is 3.50. The lowest BCUT2D eigenvalue weighted by Crippen LogP contribution is -2.52.